The van der Waals surface area contributed by atoms with Gasteiger partial charge >= 0.3 is 0 Å². The highest BCUT2D eigenvalue weighted by Gasteiger charge is 2.09. The van der Waals surface area contributed by atoms with Crippen molar-refractivity contribution in [2.75, 3.05) is 6.61 Å². The Bertz CT molecular complexity index is 727. The Balaban J connectivity index is 2.38. The lowest BCUT2D eigenvalue weighted by molar-refractivity contribution is 0.360. The van der Waals surface area contributed by atoms with E-state index in [1.165, 1.54) is 0 Å². The van der Waals surface area contributed by atoms with Crippen molar-refractivity contribution in [3.63, 3.8) is 0 Å². The summed E-state index contributed by atoms with van der Waals surface area (Å²) in [7, 11) is 0. The Labute approximate surface area is 146 Å². The Morgan fingerprint density at radius 3 is 2.73 bits per heavy atom. The van der Waals surface area contributed by atoms with Crippen LogP contribution in [0.3, 0.4) is 0 Å². The fourth-order valence-electron chi connectivity index (χ4n) is 1.89. The van der Waals surface area contributed by atoms with Crippen molar-refractivity contribution in [3.05, 3.63) is 63.1 Å². The van der Waals surface area contributed by atoms with E-state index in [0.717, 1.165) is 25.8 Å². The summed E-state index contributed by atoms with van der Waals surface area (Å²) in [6.45, 7) is 5.98. The van der Waals surface area contributed by atoms with E-state index >= 15 is 0 Å². The van der Waals surface area contributed by atoms with Crippen molar-refractivity contribution in [2.45, 2.75) is 6.92 Å². The van der Waals surface area contributed by atoms with Crippen LogP contribution >= 0.6 is 31.9 Å². The SMILES string of the molecule is C=CCOc1c(Br)cc(Br)cc1C=Nc1ccc(O)cc1C. The topological polar surface area (TPSA) is 41.8 Å². The molecule has 0 atom stereocenters. The lowest BCUT2D eigenvalue weighted by atomic mass is 10.2. The monoisotopic (exact) mass is 423 g/mol. The molecule has 114 valence electrons. The maximum atomic E-state index is 9.44. The van der Waals surface area contributed by atoms with E-state index in [2.05, 4.69) is 43.4 Å². The quantitative estimate of drug-likeness (QED) is 0.505. The summed E-state index contributed by atoms with van der Waals surface area (Å²) in [5.74, 6) is 0.944. The van der Waals surface area contributed by atoms with Gasteiger partial charge in [0, 0.05) is 16.3 Å². The normalized spacial score (nSPS) is 10.9. The number of aromatic hydroxyl groups is 1. The molecule has 0 aliphatic carbocycles. The average Bonchev–Trinajstić information content (AvgIpc) is 2.45. The molecule has 2 aromatic rings. The van der Waals surface area contributed by atoms with E-state index in [0.29, 0.717) is 12.4 Å². The van der Waals surface area contributed by atoms with Crippen LogP contribution in [0.1, 0.15) is 11.1 Å². The molecule has 0 heterocycles. The van der Waals surface area contributed by atoms with Gasteiger partial charge in [-0.2, -0.15) is 0 Å². The lowest BCUT2D eigenvalue weighted by Crippen LogP contribution is -1.98. The number of rotatable bonds is 5. The van der Waals surface area contributed by atoms with E-state index < -0.39 is 0 Å². The van der Waals surface area contributed by atoms with Crippen LogP contribution < -0.4 is 4.74 Å². The van der Waals surface area contributed by atoms with Gasteiger partial charge in [0.15, 0.2) is 0 Å². The van der Waals surface area contributed by atoms with Crippen molar-refractivity contribution < 1.29 is 9.84 Å². The van der Waals surface area contributed by atoms with Crippen LogP contribution in [0.5, 0.6) is 11.5 Å². The third kappa shape index (κ3) is 4.21. The molecule has 0 bridgehead atoms. The number of benzene rings is 2. The van der Waals surface area contributed by atoms with Crippen molar-refractivity contribution in [1.82, 2.24) is 0 Å². The molecule has 0 fully saturated rings. The van der Waals surface area contributed by atoms with Gasteiger partial charge in [0.05, 0.1) is 10.2 Å². The Kier molecular flexibility index (Phi) is 5.80. The first-order valence-electron chi connectivity index (χ1n) is 6.57. The number of ether oxygens (including phenoxy) is 1. The summed E-state index contributed by atoms with van der Waals surface area (Å²) < 4.78 is 7.46. The molecule has 0 unspecified atom stereocenters. The molecule has 0 aromatic heterocycles. The van der Waals surface area contributed by atoms with Crippen LogP contribution in [0.25, 0.3) is 0 Å². The van der Waals surface area contributed by atoms with Gasteiger partial charge in [0.2, 0.25) is 0 Å². The number of nitrogens with zero attached hydrogens (tertiary/aromatic N) is 1. The van der Waals surface area contributed by atoms with Crippen molar-refractivity contribution in [3.8, 4) is 11.5 Å². The summed E-state index contributed by atoms with van der Waals surface area (Å²) in [6.07, 6.45) is 3.44. The second kappa shape index (κ2) is 7.61. The van der Waals surface area contributed by atoms with Crippen LogP contribution in [0, 0.1) is 6.92 Å². The Morgan fingerprint density at radius 1 is 1.27 bits per heavy atom. The molecular weight excluding hydrogens is 410 g/mol. The van der Waals surface area contributed by atoms with E-state index in [4.69, 9.17) is 4.74 Å². The summed E-state index contributed by atoms with van der Waals surface area (Å²) in [4.78, 5) is 4.48. The largest absolute Gasteiger partial charge is 0.508 e. The van der Waals surface area contributed by atoms with E-state index in [-0.39, 0.29) is 5.75 Å². The summed E-state index contributed by atoms with van der Waals surface area (Å²) in [6, 6.07) is 8.92. The number of phenolic OH excluding ortho intramolecular Hbond substituents is 1. The number of phenols is 1. The molecule has 2 aromatic carbocycles. The number of aryl methyl sites for hydroxylation is 1. The molecule has 2 rings (SSSR count). The minimum atomic E-state index is 0.233. The van der Waals surface area contributed by atoms with E-state index in [1.807, 2.05) is 19.1 Å². The molecule has 5 heteroatoms. The van der Waals surface area contributed by atoms with E-state index in [1.54, 1.807) is 30.5 Å². The first-order chi connectivity index (χ1) is 10.5. The first kappa shape index (κ1) is 16.8. The van der Waals surface area contributed by atoms with Gasteiger partial charge in [0.1, 0.15) is 18.1 Å². The van der Waals surface area contributed by atoms with Gasteiger partial charge in [0.25, 0.3) is 0 Å². The predicted octanol–water partition coefficient (Wildman–Crippen LogP) is 5.54. The van der Waals surface area contributed by atoms with Crippen molar-refractivity contribution in [2.24, 2.45) is 4.99 Å². The van der Waals surface area contributed by atoms with Gasteiger partial charge in [-0.25, -0.2) is 0 Å². The molecule has 0 spiro atoms. The first-order valence-corrected chi connectivity index (χ1v) is 8.16. The molecule has 0 saturated heterocycles. The molecule has 0 saturated carbocycles. The van der Waals surface area contributed by atoms with Gasteiger partial charge in [-0.1, -0.05) is 28.6 Å². The molecular formula is C17H15Br2NO2. The van der Waals surface area contributed by atoms with Crippen LogP contribution in [0.15, 0.2) is 56.9 Å². The highest BCUT2D eigenvalue weighted by molar-refractivity contribution is 9.11. The lowest BCUT2D eigenvalue weighted by Gasteiger charge is -2.10. The highest BCUT2D eigenvalue weighted by Crippen LogP contribution is 2.32. The minimum Gasteiger partial charge on any atom is -0.508 e. The molecule has 0 aliphatic rings. The molecule has 0 amide bonds. The third-order valence-corrected chi connectivity index (χ3v) is 3.95. The van der Waals surface area contributed by atoms with Crippen molar-refractivity contribution in [1.29, 1.82) is 0 Å². The van der Waals surface area contributed by atoms with Crippen LogP contribution in [0.2, 0.25) is 0 Å². The highest BCUT2D eigenvalue weighted by atomic mass is 79.9. The van der Waals surface area contributed by atoms with Gasteiger partial charge in [-0.15, -0.1) is 0 Å². The van der Waals surface area contributed by atoms with E-state index in [9.17, 15) is 5.11 Å². The molecule has 3 nitrogen and oxygen atoms in total. The van der Waals surface area contributed by atoms with Crippen molar-refractivity contribution >= 4 is 43.8 Å². The Morgan fingerprint density at radius 2 is 2.05 bits per heavy atom. The summed E-state index contributed by atoms with van der Waals surface area (Å²) >= 11 is 6.96. The molecule has 1 N–H and O–H groups in total. The molecule has 22 heavy (non-hydrogen) atoms. The predicted molar refractivity (Wildman–Crippen MR) is 97.6 cm³/mol. The van der Waals surface area contributed by atoms with Gasteiger partial charge < -0.3 is 9.84 Å². The number of halogens is 2. The zero-order chi connectivity index (χ0) is 16.1. The average molecular weight is 425 g/mol. The summed E-state index contributed by atoms with van der Waals surface area (Å²) in [5, 5.41) is 9.44. The maximum absolute atomic E-state index is 9.44. The fourth-order valence-corrected chi connectivity index (χ4v) is 3.27. The number of hydrogen-bond acceptors (Lipinski definition) is 3. The van der Waals surface area contributed by atoms with Gasteiger partial charge in [-0.05, 0) is 58.7 Å². The zero-order valence-electron chi connectivity index (χ0n) is 12.0. The number of aliphatic imine (C=N–C) groups is 1. The summed E-state index contributed by atoms with van der Waals surface area (Å²) in [5.41, 5.74) is 2.54. The standard InChI is InChI=1S/C17H15Br2NO2/c1-3-6-22-17-12(8-13(18)9-15(17)19)10-20-16-5-4-14(21)7-11(16)2/h3-5,7-10,21H,1,6H2,2H3. The maximum Gasteiger partial charge on any atom is 0.142 e. The fraction of sp³-hybridized carbons (Fsp3) is 0.118. The second-order valence-electron chi connectivity index (χ2n) is 4.63. The number of hydrogen-bond donors (Lipinski definition) is 1. The van der Waals surface area contributed by atoms with Crippen LogP contribution in [-0.2, 0) is 0 Å². The molecule has 0 radical (unpaired) electrons. The molecule has 0 aliphatic heterocycles. The Hall–Kier alpha value is -1.59. The zero-order valence-corrected chi connectivity index (χ0v) is 15.2. The van der Waals surface area contributed by atoms with Crippen LogP contribution in [0.4, 0.5) is 5.69 Å². The second-order valence-corrected chi connectivity index (χ2v) is 6.40. The van der Waals surface area contributed by atoms with Crippen LogP contribution in [-0.4, -0.2) is 17.9 Å². The smallest absolute Gasteiger partial charge is 0.142 e. The minimum absolute atomic E-state index is 0.233. The third-order valence-electron chi connectivity index (χ3n) is 2.91. The van der Waals surface area contributed by atoms with Gasteiger partial charge in [-0.3, -0.25) is 4.99 Å².